The topological polar surface area (TPSA) is 26.3 Å². The second-order valence-corrected chi connectivity index (χ2v) is 6.20. The molecule has 19 heavy (non-hydrogen) atoms. The summed E-state index contributed by atoms with van der Waals surface area (Å²) in [6.07, 6.45) is 6.92. The third kappa shape index (κ3) is 4.52. The van der Waals surface area contributed by atoms with Crippen molar-refractivity contribution < 1.29 is 9.53 Å². The van der Waals surface area contributed by atoms with Gasteiger partial charge in [-0.3, -0.25) is 4.79 Å². The first-order chi connectivity index (χ1) is 8.87. The molecule has 2 nitrogen and oxygen atoms in total. The van der Waals surface area contributed by atoms with Crippen LogP contribution in [-0.4, -0.2) is 12.6 Å². The second-order valence-electron chi connectivity index (χ2n) is 6.20. The fourth-order valence-electron chi connectivity index (χ4n) is 3.33. The van der Waals surface area contributed by atoms with Crippen LogP contribution in [0.2, 0.25) is 0 Å². The molecular weight excluding hydrogens is 236 g/mol. The van der Waals surface area contributed by atoms with Gasteiger partial charge in [0, 0.05) is 6.92 Å². The first-order valence-electron chi connectivity index (χ1n) is 7.30. The molecule has 2 heteroatoms. The van der Waals surface area contributed by atoms with Gasteiger partial charge < -0.3 is 4.74 Å². The van der Waals surface area contributed by atoms with Gasteiger partial charge in [-0.1, -0.05) is 17.7 Å². The van der Waals surface area contributed by atoms with E-state index in [1.54, 1.807) is 0 Å². The molecule has 108 valence electrons. The zero-order chi connectivity index (χ0) is 14.5. The Bertz CT molecular complexity index is 334. The fraction of sp³-hybridized carbons (Fsp3) is 0.706. The molecule has 0 saturated heterocycles. The minimum Gasteiger partial charge on any atom is -0.466 e. The Hall–Kier alpha value is -1.05. The minimum atomic E-state index is -0.178. The number of ether oxygens (including phenoxy) is 1. The van der Waals surface area contributed by atoms with Crippen molar-refractivity contribution >= 4 is 5.97 Å². The van der Waals surface area contributed by atoms with Crippen molar-refractivity contribution in [1.82, 2.24) is 0 Å². The molecule has 0 aromatic heterocycles. The Morgan fingerprint density at radius 3 is 2.37 bits per heavy atom. The van der Waals surface area contributed by atoms with Crippen molar-refractivity contribution in [3.05, 3.63) is 24.3 Å². The predicted molar refractivity (Wildman–Crippen MR) is 79.9 cm³/mol. The number of carbonyl (C=O) groups excluding carboxylic acids is 1. The van der Waals surface area contributed by atoms with Crippen LogP contribution in [-0.2, 0) is 9.53 Å². The maximum atomic E-state index is 10.9. The highest BCUT2D eigenvalue weighted by atomic mass is 16.5. The van der Waals surface area contributed by atoms with Crippen molar-refractivity contribution in [2.45, 2.75) is 59.3 Å². The second kappa shape index (κ2) is 6.93. The normalized spacial score (nSPS) is 25.5. The summed E-state index contributed by atoms with van der Waals surface area (Å²) in [7, 11) is 0. The van der Waals surface area contributed by atoms with Crippen molar-refractivity contribution in [2.24, 2.45) is 11.3 Å². The predicted octanol–water partition coefficient (Wildman–Crippen LogP) is 4.66. The molecule has 0 aliphatic heterocycles. The molecule has 1 fully saturated rings. The Morgan fingerprint density at radius 2 is 1.95 bits per heavy atom. The molecular formula is C17H28O2. The first kappa shape index (κ1) is 16.0. The summed E-state index contributed by atoms with van der Waals surface area (Å²) in [6, 6.07) is 0. The van der Waals surface area contributed by atoms with E-state index < -0.39 is 0 Å². The molecule has 0 heterocycles. The molecule has 1 rings (SSSR count). The van der Waals surface area contributed by atoms with E-state index in [2.05, 4.69) is 27.0 Å². The zero-order valence-corrected chi connectivity index (χ0v) is 12.8. The Kier molecular flexibility index (Phi) is 5.84. The highest BCUT2D eigenvalue weighted by molar-refractivity contribution is 5.65. The molecule has 2 atom stereocenters. The lowest BCUT2D eigenvalue weighted by molar-refractivity contribution is -0.142. The Labute approximate surface area is 117 Å². The largest absolute Gasteiger partial charge is 0.466 e. The Morgan fingerprint density at radius 1 is 1.26 bits per heavy atom. The van der Waals surface area contributed by atoms with Crippen molar-refractivity contribution in [3.63, 3.8) is 0 Å². The van der Waals surface area contributed by atoms with Gasteiger partial charge in [0.25, 0.3) is 0 Å². The monoisotopic (exact) mass is 264 g/mol. The van der Waals surface area contributed by atoms with E-state index in [1.807, 2.05) is 0 Å². The maximum Gasteiger partial charge on any atom is 0.302 e. The summed E-state index contributed by atoms with van der Waals surface area (Å²) in [6.45, 7) is 14.3. The lowest BCUT2D eigenvalue weighted by atomic mass is 9.54. The molecule has 0 N–H and O–H groups in total. The van der Waals surface area contributed by atoms with E-state index in [-0.39, 0.29) is 5.97 Å². The number of rotatable bonds is 8. The van der Waals surface area contributed by atoms with Crippen LogP contribution >= 0.6 is 0 Å². The average Bonchev–Trinajstić information content (AvgIpc) is 2.23. The third-order valence-electron chi connectivity index (χ3n) is 4.45. The number of carbonyl (C=O) groups is 1. The summed E-state index contributed by atoms with van der Waals surface area (Å²) in [5.74, 6) is 0.427. The van der Waals surface area contributed by atoms with Gasteiger partial charge in [0.05, 0.1) is 6.61 Å². The summed E-state index contributed by atoms with van der Waals surface area (Å²) in [4.78, 5) is 10.9. The van der Waals surface area contributed by atoms with Crippen molar-refractivity contribution in [1.29, 1.82) is 0 Å². The lowest BCUT2D eigenvalue weighted by Crippen LogP contribution is -2.41. The smallest absolute Gasteiger partial charge is 0.302 e. The van der Waals surface area contributed by atoms with Gasteiger partial charge in [-0.2, -0.15) is 0 Å². The average molecular weight is 264 g/mol. The SMILES string of the molecule is C=C(C)CCC[C@]1(CCOC(C)=O)CC[C@@H]1C(=C)C. The van der Waals surface area contributed by atoms with Crippen LogP contribution in [0.4, 0.5) is 0 Å². The molecule has 0 unspecified atom stereocenters. The van der Waals surface area contributed by atoms with Gasteiger partial charge in [-0.15, -0.1) is 6.58 Å². The summed E-state index contributed by atoms with van der Waals surface area (Å²) in [5.41, 5.74) is 2.85. The molecule has 0 spiro atoms. The van der Waals surface area contributed by atoms with Crippen LogP contribution in [0.15, 0.2) is 24.3 Å². The standard InChI is InChI=1S/C17H28O2/c1-13(2)7-6-9-17(11-12-19-15(5)18)10-8-16(17)14(3)4/h16H,1,3,6-12H2,2,4-5H3/t16-,17-/m1/s1. The van der Waals surface area contributed by atoms with E-state index in [0.717, 1.165) is 12.8 Å². The Balaban J connectivity index is 2.55. The molecule has 0 aromatic carbocycles. The van der Waals surface area contributed by atoms with Crippen LogP contribution in [0.25, 0.3) is 0 Å². The van der Waals surface area contributed by atoms with E-state index >= 15 is 0 Å². The summed E-state index contributed by atoms with van der Waals surface area (Å²) < 4.78 is 5.14. The highest BCUT2D eigenvalue weighted by Gasteiger charge is 2.45. The minimum absolute atomic E-state index is 0.178. The van der Waals surface area contributed by atoms with Crippen molar-refractivity contribution in [3.8, 4) is 0 Å². The molecule has 1 aliphatic carbocycles. The summed E-state index contributed by atoms with van der Waals surface area (Å²) >= 11 is 0. The lowest BCUT2D eigenvalue weighted by Gasteiger charge is -2.51. The van der Waals surface area contributed by atoms with Crippen LogP contribution in [0, 0.1) is 11.3 Å². The number of hydrogen-bond acceptors (Lipinski definition) is 2. The number of hydrogen-bond donors (Lipinski definition) is 0. The van der Waals surface area contributed by atoms with Gasteiger partial charge in [-0.25, -0.2) is 0 Å². The van der Waals surface area contributed by atoms with Crippen LogP contribution in [0.1, 0.15) is 59.3 Å². The van der Waals surface area contributed by atoms with Crippen LogP contribution in [0.5, 0.6) is 0 Å². The number of allylic oxidation sites excluding steroid dienone is 2. The molecule has 0 aromatic rings. The molecule has 0 bridgehead atoms. The van der Waals surface area contributed by atoms with Gasteiger partial charge in [-0.05, 0) is 63.7 Å². The van der Waals surface area contributed by atoms with E-state index in [0.29, 0.717) is 17.9 Å². The highest BCUT2D eigenvalue weighted by Crippen LogP contribution is 2.55. The van der Waals surface area contributed by atoms with E-state index in [9.17, 15) is 4.79 Å². The fourth-order valence-corrected chi connectivity index (χ4v) is 3.33. The summed E-state index contributed by atoms with van der Waals surface area (Å²) in [5, 5.41) is 0. The zero-order valence-electron chi connectivity index (χ0n) is 12.8. The molecule has 0 radical (unpaired) electrons. The number of esters is 1. The third-order valence-corrected chi connectivity index (χ3v) is 4.45. The van der Waals surface area contributed by atoms with Gasteiger partial charge >= 0.3 is 5.97 Å². The van der Waals surface area contributed by atoms with Gasteiger partial charge in [0.15, 0.2) is 0 Å². The molecule has 1 aliphatic rings. The van der Waals surface area contributed by atoms with Crippen LogP contribution in [0.3, 0.4) is 0 Å². The molecule has 0 amide bonds. The van der Waals surface area contributed by atoms with Crippen LogP contribution < -0.4 is 0 Å². The van der Waals surface area contributed by atoms with Gasteiger partial charge in [0.2, 0.25) is 0 Å². The molecule has 1 saturated carbocycles. The quantitative estimate of drug-likeness (QED) is 0.471. The van der Waals surface area contributed by atoms with Gasteiger partial charge in [0.1, 0.15) is 0 Å². The van der Waals surface area contributed by atoms with E-state index in [1.165, 1.54) is 43.8 Å². The maximum absolute atomic E-state index is 10.9. The van der Waals surface area contributed by atoms with E-state index in [4.69, 9.17) is 4.74 Å². The van der Waals surface area contributed by atoms with Crippen molar-refractivity contribution in [2.75, 3.05) is 6.61 Å². The first-order valence-corrected chi connectivity index (χ1v) is 7.30.